The molecule has 3 heterocycles. The number of carbonyl (C=O) groups excluding carboxylic acids is 1. The van der Waals surface area contributed by atoms with Gasteiger partial charge in [0.15, 0.2) is 5.82 Å². The van der Waals surface area contributed by atoms with Crippen LogP contribution in [-0.4, -0.2) is 29.8 Å². The highest BCUT2D eigenvalue weighted by atomic mass is 35.5. The van der Waals surface area contributed by atoms with Crippen molar-refractivity contribution in [3.05, 3.63) is 22.8 Å². The summed E-state index contributed by atoms with van der Waals surface area (Å²) in [7, 11) is 0. The minimum absolute atomic E-state index is 0.100. The molecule has 1 fully saturated rings. The van der Waals surface area contributed by atoms with Gasteiger partial charge in [-0.3, -0.25) is 4.79 Å². The molecule has 1 amide bonds. The van der Waals surface area contributed by atoms with Gasteiger partial charge in [0.05, 0.1) is 29.5 Å². The van der Waals surface area contributed by atoms with E-state index in [0.717, 1.165) is 11.1 Å². The number of anilines is 1. The average Bonchev–Trinajstić information content (AvgIpc) is 2.75. The largest absolute Gasteiger partial charge is 0.417 e. The Morgan fingerprint density at radius 1 is 1.43 bits per heavy atom. The summed E-state index contributed by atoms with van der Waals surface area (Å²) in [6.45, 7) is 0.678. The van der Waals surface area contributed by atoms with Gasteiger partial charge in [0.1, 0.15) is 5.92 Å². The molecule has 2 aliphatic heterocycles. The van der Waals surface area contributed by atoms with Gasteiger partial charge in [0, 0.05) is 12.6 Å². The number of aromatic nitrogens is 1. The van der Waals surface area contributed by atoms with Gasteiger partial charge < -0.3 is 4.74 Å². The Morgan fingerprint density at radius 3 is 2.81 bits per heavy atom. The van der Waals surface area contributed by atoms with Crippen molar-refractivity contribution in [1.82, 2.24) is 4.98 Å². The van der Waals surface area contributed by atoms with Crippen LogP contribution < -0.4 is 5.01 Å². The predicted molar refractivity (Wildman–Crippen MR) is 68.1 cm³/mol. The Labute approximate surface area is 122 Å². The van der Waals surface area contributed by atoms with Crippen molar-refractivity contribution in [2.45, 2.75) is 12.6 Å². The molecule has 0 aliphatic carbocycles. The third kappa shape index (κ3) is 2.49. The Bertz CT molecular complexity index is 633. The maximum Gasteiger partial charge on any atom is 0.417 e. The first-order valence-corrected chi connectivity index (χ1v) is 6.47. The standard InChI is InChI=1S/C12H9ClF3N3O2/c13-8-3-6(12(14,15)16)4-17-10(8)19-11(20)7-5-21-2-1-9(7)18-19/h3-4,7H,1-2,5H2. The summed E-state index contributed by atoms with van der Waals surface area (Å²) in [6.07, 6.45) is -3.41. The number of carbonyl (C=O) groups is 1. The summed E-state index contributed by atoms with van der Waals surface area (Å²) >= 11 is 5.82. The fourth-order valence-corrected chi connectivity index (χ4v) is 2.45. The van der Waals surface area contributed by atoms with Gasteiger partial charge in [-0.2, -0.15) is 23.3 Å². The van der Waals surface area contributed by atoms with Crippen LogP contribution in [0.25, 0.3) is 0 Å². The van der Waals surface area contributed by atoms with E-state index in [1.54, 1.807) is 0 Å². The molecular formula is C12H9ClF3N3O2. The molecule has 21 heavy (non-hydrogen) atoms. The lowest BCUT2D eigenvalue weighted by molar-refractivity contribution is -0.137. The molecule has 0 saturated carbocycles. The summed E-state index contributed by atoms with van der Waals surface area (Å²) in [5, 5.41) is 4.79. The minimum Gasteiger partial charge on any atom is -0.380 e. The summed E-state index contributed by atoms with van der Waals surface area (Å²) < 4.78 is 42.9. The van der Waals surface area contributed by atoms with Crippen LogP contribution in [0.5, 0.6) is 0 Å². The van der Waals surface area contributed by atoms with E-state index in [1.807, 2.05) is 0 Å². The number of rotatable bonds is 1. The summed E-state index contributed by atoms with van der Waals surface area (Å²) in [4.78, 5) is 15.8. The number of hydrogen-bond donors (Lipinski definition) is 0. The van der Waals surface area contributed by atoms with Gasteiger partial charge >= 0.3 is 6.18 Å². The van der Waals surface area contributed by atoms with E-state index in [0.29, 0.717) is 24.9 Å². The van der Waals surface area contributed by atoms with Gasteiger partial charge in [0.2, 0.25) is 0 Å². The molecule has 0 spiro atoms. The van der Waals surface area contributed by atoms with Crippen LogP contribution in [0.3, 0.4) is 0 Å². The van der Waals surface area contributed by atoms with Gasteiger partial charge in [-0.25, -0.2) is 4.98 Å². The van der Waals surface area contributed by atoms with Crippen molar-refractivity contribution in [1.29, 1.82) is 0 Å². The highest BCUT2D eigenvalue weighted by molar-refractivity contribution is 6.34. The van der Waals surface area contributed by atoms with Crippen LogP contribution in [-0.2, 0) is 15.7 Å². The quantitative estimate of drug-likeness (QED) is 0.799. The third-order valence-corrected chi connectivity index (χ3v) is 3.55. The lowest BCUT2D eigenvalue weighted by Gasteiger charge is -2.18. The number of hydrogen-bond acceptors (Lipinski definition) is 4. The number of amides is 1. The molecule has 3 rings (SSSR count). The number of alkyl halides is 3. The zero-order chi connectivity index (χ0) is 15.2. The molecule has 0 N–H and O–H groups in total. The molecule has 9 heteroatoms. The number of nitrogens with zero attached hydrogens (tertiary/aromatic N) is 3. The van der Waals surface area contributed by atoms with E-state index in [-0.39, 0.29) is 23.4 Å². The smallest absolute Gasteiger partial charge is 0.380 e. The number of fused-ring (bicyclic) bond motifs is 1. The van der Waals surface area contributed by atoms with Gasteiger partial charge in [-0.1, -0.05) is 11.6 Å². The second-order valence-electron chi connectivity index (χ2n) is 4.65. The third-order valence-electron chi connectivity index (χ3n) is 3.27. The molecule has 0 bridgehead atoms. The molecule has 112 valence electrons. The van der Waals surface area contributed by atoms with E-state index in [9.17, 15) is 18.0 Å². The number of hydrazone groups is 1. The van der Waals surface area contributed by atoms with Crippen LogP contribution in [0, 0.1) is 5.92 Å². The zero-order valence-corrected chi connectivity index (χ0v) is 11.3. The lowest BCUT2D eigenvalue weighted by Crippen LogP contribution is -2.34. The van der Waals surface area contributed by atoms with Crippen molar-refractivity contribution >= 4 is 29.0 Å². The molecule has 1 saturated heterocycles. The molecule has 1 unspecified atom stereocenters. The lowest BCUT2D eigenvalue weighted by atomic mass is 10.0. The Balaban J connectivity index is 1.94. The van der Waals surface area contributed by atoms with Crippen LogP contribution >= 0.6 is 11.6 Å². The highest BCUT2D eigenvalue weighted by Crippen LogP contribution is 2.35. The molecule has 5 nitrogen and oxygen atoms in total. The molecule has 0 aromatic carbocycles. The second-order valence-corrected chi connectivity index (χ2v) is 5.05. The van der Waals surface area contributed by atoms with E-state index >= 15 is 0 Å². The van der Waals surface area contributed by atoms with Gasteiger partial charge in [-0.05, 0) is 6.07 Å². The summed E-state index contributed by atoms with van der Waals surface area (Å²) in [5.74, 6) is -0.991. The molecule has 1 atom stereocenters. The van der Waals surface area contributed by atoms with Crippen molar-refractivity contribution in [2.24, 2.45) is 11.0 Å². The molecule has 0 radical (unpaired) electrons. The fraction of sp³-hybridized carbons (Fsp3) is 0.417. The maximum absolute atomic E-state index is 12.6. The fourth-order valence-electron chi connectivity index (χ4n) is 2.20. The monoisotopic (exact) mass is 319 g/mol. The highest BCUT2D eigenvalue weighted by Gasteiger charge is 2.40. The number of halogens is 4. The molecule has 1 aromatic heterocycles. The summed E-state index contributed by atoms with van der Waals surface area (Å²) in [6, 6.07) is 0.732. The predicted octanol–water partition coefficient (Wildman–Crippen LogP) is 2.49. The molecular weight excluding hydrogens is 311 g/mol. The first-order chi connectivity index (χ1) is 9.88. The maximum atomic E-state index is 12.6. The number of ether oxygens (including phenoxy) is 1. The first kappa shape index (κ1) is 14.3. The van der Waals surface area contributed by atoms with Crippen LogP contribution in [0.15, 0.2) is 17.4 Å². The normalized spacial score (nSPS) is 22.3. The van der Waals surface area contributed by atoms with Crippen molar-refractivity contribution in [3.8, 4) is 0 Å². The molecule has 2 aliphatic rings. The second kappa shape index (κ2) is 4.96. The van der Waals surface area contributed by atoms with Crippen molar-refractivity contribution < 1.29 is 22.7 Å². The average molecular weight is 320 g/mol. The van der Waals surface area contributed by atoms with E-state index in [4.69, 9.17) is 16.3 Å². The minimum atomic E-state index is -4.54. The van der Waals surface area contributed by atoms with E-state index < -0.39 is 17.7 Å². The Hall–Kier alpha value is -1.67. The first-order valence-electron chi connectivity index (χ1n) is 6.10. The van der Waals surface area contributed by atoms with E-state index in [2.05, 4.69) is 10.1 Å². The Morgan fingerprint density at radius 2 is 2.19 bits per heavy atom. The van der Waals surface area contributed by atoms with E-state index in [1.165, 1.54) is 0 Å². The summed E-state index contributed by atoms with van der Waals surface area (Å²) in [5.41, 5.74) is -0.333. The zero-order valence-electron chi connectivity index (χ0n) is 10.5. The molecule has 1 aromatic rings. The SMILES string of the molecule is O=C1C2COCCC2=NN1c1ncc(C(F)(F)F)cc1Cl. The van der Waals surface area contributed by atoms with Gasteiger partial charge in [-0.15, -0.1) is 0 Å². The van der Waals surface area contributed by atoms with Gasteiger partial charge in [0.25, 0.3) is 5.91 Å². The number of pyridine rings is 1. The van der Waals surface area contributed by atoms with Crippen LogP contribution in [0.1, 0.15) is 12.0 Å². The van der Waals surface area contributed by atoms with Crippen LogP contribution in [0.2, 0.25) is 5.02 Å². The van der Waals surface area contributed by atoms with Crippen molar-refractivity contribution in [3.63, 3.8) is 0 Å². The van der Waals surface area contributed by atoms with Crippen LogP contribution in [0.4, 0.5) is 19.0 Å². The topological polar surface area (TPSA) is 54.8 Å². The van der Waals surface area contributed by atoms with Crippen molar-refractivity contribution in [2.75, 3.05) is 18.2 Å². The Kier molecular flexibility index (Phi) is 3.37.